The average Bonchev–Trinajstić information content (AvgIpc) is 2.81. The van der Waals surface area contributed by atoms with Gasteiger partial charge in [-0.1, -0.05) is 20.8 Å². The van der Waals surface area contributed by atoms with Gasteiger partial charge in [-0.15, -0.1) is 11.3 Å². The normalized spacial score (nSPS) is 11.7. The molecule has 1 aromatic heterocycles. The molecule has 0 aliphatic carbocycles. The van der Waals surface area contributed by atoms with Gasteiger partial charge in [0.05, 0.1) is 6.54 Å². The van der Waals surface area contributed by atoms with Crippen LogP contribution in [0.3, 0.4) is 0 Å². The van der Waals surface area contributed by atoms with Gasteiger partial charge in [-0.05, 0) is 29.5 Å². The molecule has 1 amide bonds. The number of nitrogens with one attached hydrogen (secondary N) is 1. The lowest BCUT2D eigenvalue weighted by molar-refractivity contribution is -0.131. The van der Waals surface area contributed by atoms with Gasteiger partial charge in [0, 0.05) is 16.4 Å². The fourth-order valence-electron chi connectivity index (χ4n) is 1.31. The Bertz CT molecular complexity index is 489. The highest BCUT2D eigenvalue weighted by Gasteiger charge is 2.24. The zero-order chi connectivity index (χ0) is 14.5. The molecule has 0 unspecified atom stereocenters. The molecule has 0 radical (unpaired) electrons. The van der Waals surface area contributed by atoms with Crippen molar-refractivity contribution in [2.75, 3.05) is 0 Å². The molecule has 0 aliphatic heterocycles. The highest BCUT2D eigenvalue weighted by molar-refractivity contribution is 7.10. The van der Waals surface area contributed by atoms with Gasteiger partial charge < -0.3 is 10.4 Å². The molecule has 0 fully saturated rings. The molecule has 0 aliphatic rings. The molecule has 0 atom stereocenters. The largest absolute Gasteiger partial charge is 0.478 e. The smallest absolute Gasteiger partial charge is 0.328 e. The minimum absolute atomic E-state index is 0.0334. The molecule has 0 bridgehead atoms. The molecule has 1 aromatic rings. The highest BCUT2D eigenvalue weighted by atomic mass is 32.1. The van der Waals surface area contributed by atoms with Crippen LogP contribution >= 0.6 is 11.3 Å². The van der Waals surface area contributed by atoms with Crippen LogP contribution in [0.2, 0.25) is 0 Å². The van der Waals surface area contributed by atoms with Crippen LogP contribution in [0.1, 0.15) is 37.6 Å². The van der Waals surface area contributed by atoms with Gasteiger partial charge in [0.1, 0.15) is 0 Å². The maximum absolute atomic E-state index is 11.9. The van der Waals surface area contributed by atoms with E-state index in [4.69, 9.17) is 5.11 Å². The van der Waals surface area contributed by atoms with E-state index in [0.717, 1.165) is 22.9 Å². The molecular formula is C14H19NO3S. The first-order chi connectivity index (χ1) is 8.85. The summed E-state index contributed by atoms with van der Waals surface area (Å²) in [6, 6.07) is 1.88. The molecule has 0 aromatic carbocycles. The number of amides is 1. The molecule has 19 heavy (non-hydrogen) atoms. The third-order valence-corrected chi connectivity index (χ3v) is 3.97. The van der Waals surface area contributed by atoms with E-state index < -0.39 is 5.97 Å². The molecule has 4 nitrogen and oxygen atoms in total. The van der Waals surface area contributed by atoms with Crippen molar-refractivity contribution in [3.8, 4) is 0 Å². The van der Waals surface area contributed by atoms with E-state index in [1.54, 1.807) is 6.08 Å². The van der Waals surface area contributed by atoms with Crippen molar-refractivity contribution in [3.63, 3.8) is 0 Å². The van der Waals surface area contributed by atoms with Crippen LogP contribution in [0.25, 0.3) is 6.08 Å². The van der Waals surface area contributed by atoms with Crippen LogP contribution in [0.15, 0.2) is 17.5 Å². The number of hydrogen-bond donors (Lipinski definition) is 2. The van der Waals surface area contributed by atoms with Gasteiger partial charge >= 0.3 is 5.97 Å². The molecule has 104 valence electrons. The number of carboxylic acid groups (broad SMARTS) is 1. The van der Waals surface area contributed by atoms with Crippen molar-refractivity contribution in [3.05, 3.63) is 28.0 Å². The summed E-state index contributed by atoms with van der Waals surface area (Å²) < 4.78 is 0. The summed E-state index contributed by atoms with van der Waals surface area (Å²) in [6.45, 7) is 6.29. The Morgan fingerprint density at radius 1 is 1.47 bits per heavy atom. The van der Waals surface area contributed by atoms with E-state index in [1.165, 1.54) is 11.3 Å². The number of rotatable bonds is 6. The number of aliphatic carboxylic acids is 1. The number of carbonyl (C=O) groups excluding carboxylic acids is 1. The van der Waals surface area contributed by atoms with Gasteiger partial charge in [0.15, 0.2) is 0 Å². The van der Waals surface area contributed by atoms with E-state index in [0.29, 0.717) is 6.54 Å². The third kappa shape index (κ3) is 4.87. The molecular weight excluding hydrogens is 262 g/mol. The molecule has 0 saturated carbocycles. The maximum atomic E-state index is 11.9. The highest BCUT2D eigenvalue weighted by Crippen LogP contribution is 2.21. The zero-order valence-corrected chi connectivity index (χ0v) is 12.2. The Kier molecular flexibility index (Phi) is 5.30. The Labute approximate surface area is 117 Å². The predicted octanol–water partition coefficient (Wildman–Crippen LogP) is 2.90. The Balaban J connectivity index is 2.56. The van der Waals surface area contributed by atoms with Crippen LogP contribution in [-0.4, -0.2) is 17.0 Å². The minimum Gasteiger partial charge on any atom is -0.478 e. The lowest BCUT2D eigenvalue weighted by atomic mass is 9.89. The summed E-state index contributed by atoms with van der Waals surface area (Å²) in [5.74, 6) is -0.934. The second kappa shape index (κ2) is 6.52. The van der Waals surface area contributed by atoms with Crippen LogP contribution in [0.5, 0.6) is 0 Å². The summed E-state index contributed by atoms with van der Waals surface area (Å²) >= 11 is 1.50. The summed E-state index contributed by atoms with van der Waals surface area (Å²) in [5.41, 5.74) is 0.481. The summed E-state index contributed by atoms with van der Waals surface area (Å²) in [5, 5.41) is 13.3. The molecule has 1 heterocycles. The standard InChI is InChI=1S/C14H19NO3S/c1-4-14(2,3)13(18)15-8-11-7-10(9-19-11)5-6-12(16)17/h5-7,9H,4,8H2,1-3H3,(H,15,18)(H,16,17). The lowest BCUT2D eigenvalue weighted by Crippen LogP contribution is -2.35. The molecule has 5 heteroatoms. The summed E-state index contributed by atoms with van der Waals surface area (Å²) in [4.78, 5) is 23.3. The lowest BCUT2D eigenvalue weighted by Gasteiger charge is -2.21. The van der Waals surface area contributed by atoms with Gasteiger partial charge in [-0.2, -0.15) is 0 Å². The first-order valence-corrected chi connectivity index (χ1v) is 7.00. The van der Waals surface area contributed by atoms with Crippen LogP contribution in [0.4, 0.5) is 0 Å². The molecule has 0 spiro atoms. The maximum Gasteiger partial charge on any atom is 0.328 e. The first-order valence-electron chi connectivity index (χ1n) is 6.12. The van der Waals surface area contributed by atoms with Gasteiger partial charge in [-0.25, -0.2) is 4.79 Å². The zero-order valence-electron chi connectivity index (χ0n) is 11.4. The number of hydrogen-bond acceptors (Lipinski definition) is 3. The summed E-state index contributed by atoms with van der Waals surface area (Å²) in [6.07, 6.45) is 3.43. The number of carboxylic acids is 1. The van der Waals surface area contributed by atoms with Crippen molar-refractivity contribution in [1.82, 2.24) is 5.32 Å². The van der Waals surface area contributed by atoms with Gasteiger partial charge in [-0.3, -0.25) is 4.79 Å². The van der Waals surface area contributed by atoms with E-state index in [2.05, 4.69) is 5.32 Å². The van der Waals surface area contributed by atoms with E-state index >= 15 is 0 Å². The van der Waals surface area contributed by atoms with Crippen molar-refractivity contribution in [1.29, 1.82) is 0 Å². The van der Waals surface area contributed by atoms with Crippen molar-refractivity contribution in [2.24, 2.45) is 5.41 Å². The van der Waals surface area contributed by atoms with Crippen LogP contribution in [0, 0.1) is 5.41 Å². The molecule has 1 rings (SSSR count). The second-order valence-electron chi connectivity index (χ2n) is 4.94. The molecule has 0 saturated heterocycles. The second-order valence-corrected chi connectivity index (χ2v) is 5.93. The first kappa shape index (κ1) is 15.4. The number of thiophene rings is 1. The van der Waals surface area contributed by atoms with E-state index in [-0.39, 0.29) is 11.3 Å². The van der Waals surface area contributed by atoms with Crippen molar-refractivity contribution >= 4 is 29.3 Å². The molecule has 2 N–H and O–H groups in total. The van der Waals surface area contributed by atoms with Gasteiger partial charge in [0.25, 0.3) is 0 Å². The van der Waals surface area contributed by atoms with Crippen LogP contribution in [-0.2, 0) is 16.1 Å². The van der Waals surface area contributed by atoms with Gasteiger partial charge in [0.2, 0.25) is 5.91 Å². The minimum atomic E-state index is -0.967. The topological polar surface area (TPSA) is 66.4 Å². The average molecular weight is 281 g/mol. The van der Waals surface area contributed by atoms with E-state index in [9.17, 15) is 9.59 Å². The fraction of sp³-hybridized carbons (Fsp3) is 0.429. The predicted molar refractivity (Wildman–Crippen MR) is 76.9 cm³/mol. The van der Waals surface area contributed by atoms with E-state index in [1.807, 2.05) is 32.2 Å². The quantitative estimate of drug-likeness (QED) is 0.788. The Hall–Kier alpha value is -1.62. The number of carbonyl (C=O) groups is 2. The fourth-order valence-corrected chi connectivity index (χ4v) is 2.11. The van der Waals surface area contributed by atoms with Crippen molar-refractivity contribution < 1.29 is 14.7 Å². The Morgan fingerprint density at radius 3 is 2.74 bits per heavy atom. The third-order valence-electron chi connectivity index (χ3n) is 3.01. The van der Waals surface area contributed by atoms with Crippen LogP contribution < -0.4 is 5.32 Å². The Morgan fingerprint density at radius 2 is 2.16 bits per heavy atom. The summed E-state index contributed by atoms with van der Waals surface area (Å²) in [7, 11) is 0. The SMILES string of the molecule is CCC(C)(C)C(=O)NCc1cc(C=CC(=O)O)cs1. The van der Waals surface area contributed by atoms with Crippen molar-refractivity contribution in [2.45, 2.75) is 33.7 Å². The monoisotopic (exact) mass is 281 g/mol.